The number of ketones is 1. The summed E-state index contributed by atoms with van der Waals surface area (Å²) in [5, 5.41) is 11.3. The first-order chi connectivity index (χ1) is 14.1. The molecule has 0 aliphatic carbocycles. The van der Waals surface area contributed by atoms with E-state index in [1.807, 2.05) is 27.7 Å². The highest BCUT2D eigenvalue weighted by Crippen LogP contribution is 2.47. The van der Waals surface area contributed by atoms with Crippen LogP contribution in [0.3, 0.4) is 0 Å². The normalized spacial score (nSPS) is 15.4. The molecule has 7 nitrogen and oxygen atoms in total. The molecule has 1 atom stereocenters. The lowest BCUT2D eigenvalue weighted by molar-refractivity contribution is -0.146. The lowest BCUT2D eigenvalue weighted by Gasteiger charge is -2.30. The minimum atomic E-state index is -0.741. The number of fused-ring (bicyclic) bond motifs is 3. The number of rotatable bonds is 6. The topological polar surface area (TPSA) is 103 Å². The summed E-state index contributed by atoms with van der Waals surface area (Å²) in [6.45, 7) is 8.63. The van der Waals surface area contributed by atoms with Crippen LogP contribution in [-0.2, 0) is 9.53 Å². The van der Waals surface area contributed by atoms with E-state index in [1.54, 1.807) is 12.2 Å². The Kier molecular flexibility index (Phi) is 5.74. The van der Waals surface area contributed by atoms with Crippen molar-refractivity contribution in [3.63, 3.8) is 0 Å². The molecule has 1 aliphatic rings. The first-order valence-corrected chi connectivity index (χ1v) is 10.0. The first-order valence-electron chi connectivity index (χ1n) is 10.0. The molecule has 0 bridgehead atoms. The lowest BCUT2D eigenvalue weighted by atomic mass is 9.91. The molecular weight excluding hydrogens is 388 g/mol. The van der Waals surface area contributed by atoms with Gasteiger partial charge < -0.3 is 19.0 Å². The van der Waals surface area contributed by atoms with E-state index in [9.17, 15) is 19.5 Å². The standard InChI is InChI=1S/C23H26O7/c1-6-8-15(25)19-20(27)13-9-10-23(4,5)30-21(13)18-14(11-17(26)29-22(18)19)16(7-2)28-12(3)24/h9-11,16,27H,6-8H2,1-5H3/t16-/m0/s1. The second-order valence-corrected chi connectivity index (χ2v) is 7.91. The van der Waals surface area contributed by atoms with Crippen molar-refractivity contribution in [2.75, 3.05) is 0 Å². The van der Waals surface area contributed by atoms with Gasteiger partial charge in [-0.3, -0.25) is 9.59 Å². The minimum Gasteiger partial charge on any atom is -0.506 e. The number of esters is 1. The number of hydrogen-bond donors (Lipinski definition) is 1. The van der Waals surface area contributed by atoms with Gasteiger partial charge in [-0.25, -0.2) is 4.79 Å². The number of phenols is 1. The number of carbonyl (C=O) groups is 2. The summed E-state index contributed by atoms with van der Waals surface area (Å²) < 4.78 is 17.0. The molecule has 160 valence electrons. The second kappa shape index (κ2) is 7.97. The molecule has 1 aromatic heterocycles. The molecule has 0 fully saturated rings. The Morgan fingerprint density at radius 3 is 2.57 bits per heavy atom. The Morgan fingerprint density at radius 2 is 1.97 bits per heavy atom. The molecule has 1 aromatic carbocycles. The molecule has 0 saturated heterocycles. The van der Waals surface area contributed by atoms with Gasteiger partial charge in [-0.05, 0) is 38.8 Å². The second-order valence-electron chi connectivity index (χ2n) is 7.91. The van der Waals surface area contributed by atoms with Crippen molar-refractivity contribution >= 4 is 28.8 Å². The molecule has 0 unspecified atom stereocenters. The van der Waals surface area contributed by atoms with E-state index >= 15 is 0 Å². The van der Waals surface area contributed by atoms with Crippen LogP contribution < -0.4 is 10.4 Å². The smallest absolute Gasteiger partial charge is 0.336 e. The van der Waals surface area contributed by atoms with E-state index in [0.717, 1.165) is 0 Å². The highest BCUT2D eigenvalue weighted by molar-refractivity contribution is 6.12. The van der Waals surface area contributed by atoms with E-state index in [-0.39, 0.29) is 34.8 Å². The van der Waals surface area contributed by atoms with Crippen LogP contribution in [0.4, 0.5) is 0 Å². The van der Waals surface area contributed by atoms with Gasteiger partial charge in [0, 0.05) is 25.0 Å². The van der Waals surface area contributed by atoms with Crippen molar-refractivity contribution in [3.05, 3.63) is 39.3 Å². The van der Waals surface area contributed by atoms with E-state index in [4.69, 9.17) is 13.9 Å². The molecule has 30 heavy (non-hydrogen) atoms. The molecule has 0 saturated carbocycles. The average Bonchev–Trinajstić information content (AvgIpc) is 2.64. The molecule has 1 N–H and O–H groups in total. The van der Waals surface area contributed by atoms with Gasteiger partial charge in [-0.15, -0.1) is 0 Å². The highest BCUT2D eigenvalue weighted by Gasteiger charge is 2.33. The van der Waals surface area contributed by atoms with Gasteiger partial charge in [-0.2, -0.15) is 0 Å². The maximum absolute atomic E-state index is 12.9. The Labute approximate surface area is 174 Å². The molecule has 2 heterocycles. The predicted molar refractivity (Wildman–Crippen MR) is 112 cm³/mol. The van der Waals surface area contributed by atoms with Crippen molar-refractivity contribution < 1.29 is 28.6 Å². The Morgan fingerprint density at radius 1 is 1.27 bits per heavy atom. The summed E-state index contributed by atoms with van der Waals surface area (Å²) in [5.41, 5.74) is -0.809. The Bertz CT molecular complexity index is 1100. The minimum absolute atomic E-state index is 0.0519. The van der Waals surface area contributed by atoms with Crippen LogP contribution in [0.2, 0.25) is 0 Å². The third-order valence-corrected chi connectivity index (χ3v) is 4.98. The third-order valence-electron chi connectivity index (χ3n) is 4.98. The molecular formula is C23H26O7. The van der Waals surface area contributed by atoms with Crippen molar-refractivity contribution in [1.29, 1.82) is 0 Å². The summed E-state index contributed by atoms with van der Waals surface area (Å²) >= 11 is 0. The monoisotopic (exact) mass is 414 g/mol. The van der Waals surface area contributed by atoms with Crippen LogP contribution in [-0.4, -0.2) is 22.5 Å². The van der Waals surface area contributed by atoms with Gasteiger partial charge in [0.2, 0.25) is 0 Å². The largest absolute Gasteiger partial charge is 0.506 e. The van der Waals surface area contributed by atoms with Crippen molar-refractivity contribution in [2.24, 2.45) is 0 Å². The van der Waals surface area contributed by atoms with E-state index in [2.05, 4.69) is 0 Å². The molecule has 0 spiro atoms. The zero-order chi connectivity index (χ0) is 22.2. The quantitative estimate of drug-likeness (QED) is 0.416. The van der Waals surface area contributed by atoms with Crippen molar-refractivity contribution in [2.45, 2.75) is 65.6 Å². The van der Waals surface area contributed by atoms with Crippen molar-refractivity contribution in [1.82, 2.24) is 0 Å². The number of hydrogen-bond acceptors (Lipinski definition) is 7. The van der Waals surface area contributed by atoms with Crippen LogP contribution >= 0.6 is 0 Å². The van der Waals surface area contributed by atoms with Crippen LogP contribution in [0.15, 0.2) is 21.4 Å². The average molecular weight is 414 g/mol. The SMILES string of the molecule is CCCC(=O)c1c(O)c2c(c3c([C@H](CC)OC(C)=O)cc(=O)oc13)OC(C)(C)C=C2. The number of Topliss-reactive ketones (excluding diaryl/α,β-unsaturated/α-hetero) is 1. The van der Waals surface area contributed by atoms with Gasteiger partial charge >= 0.3 is 11.6 Å². The van der Waals surface area contributed by atoms with Gasteiger partial charge in [0.25, 0.3) is 0 Å². The summed E-state index contributed by atoms with van der Waals surface area (Å²) in [5.74, 6) is -0.850. The van der Waals surface area contributed by atoms with Gasteiger partial charge in [0.1, 0.15) is 28.8 Å². The molecule has 0 radical (unpaired) electrons. The number of carbonyl (C=O) groups excluding carboxylic acids is 2. The number of benzene rings is 1. The number of aromatic hydroxyl groups is 1. The molecule has 1 aliphatic heterocycles. The highest BCUT2D eigenvalue weighted by atomic mass is 16.5. The zero-order valence-corrected chi connectivity index (χ0v) is 17.8. The zero-order valence-electron chi connectivity index (χ0n) is 17.8. The molecule has 7 heteroatoms. The van der Waals surface area contributed by atoms with Crippen LogP contribution in [0, 0.1) is 0 Å². The van der Waals surface area contributed by atoms with E-state index in [0.29, 0.717) is 29.4 Å². The van der Waals surface area contributed by atoms with Gasteiger partial charge in [0.15, 0.2) is 11.4 Å². The van der Waals surface area contributed by atoms with Gasteiger partial charge in [0.05, 0.1) is 10.9 Å². The summed E-state index contributed by atoms with van der Waals surface area (Å²) in [7, 11) is 0. The molecule has 2 aromatic rings. The van der Waals surface area contributed by atoms with Crippen LogP contribution in [0.5, 0.6) is 11.5 Å². The fourth-order valence-corrected chi connectivity index (χ4v) is 3.68. The lowest BCUT2D eigenvalue weighted by Crippen LogP contribution is -2.28. The maximum Gasteiger partial charge on any atom is 0.336 e. The van der Waals surface area contributed by atoms with E-state index in [1.165, 1.54) is 13.0 Å². The first kappa shape index (κ1) is 21.6. The molecule has 3 rings (SSSR count). The Hall–Kier alpha value is -3.09. The van der Waals surface area contributed by atoms with E-state index < -0.39 is 23.3 Å². The van der Waals surface area contributed by atoms with Crippen LogP contribution in [0.1, 0.15) is 81.5 Å². The summed E-state index contributed by atoms with van der Waals surface area (Å²) in [4.78, 5) is 36.9. The maximum atomic E-state index is 12.9. The summed E-state index contributed by atoms with van der Waals surface area (Å²) in [6.07, 6.45) is 3.85. The van der Waals surface area contributed by atoms with Gasteiger partial charge in [-0.1, -0.05) is 13.8 Å². The predicted octanol–water partition coefficient (Wildman–Crippen LogP) is 4.68. The fraction of sp³-hybridized carbons (Fsp3) is 0.435. The third kappa shape index (κ3) is 3.84. The fourth-order valence-electron chi connectivity index (χ4n) is 3.68. The van der Waals surface area contributed by atoms with Crippen molar-refractivity contribution in [3.8, 4) is 11.5 Å². The molecule has 0 amide bonds. The van der Waals surface area contributed by atoms with Crippen LogP contribution in [0.25, 0.3) is 17.0 Å². The number of phenolic OH excluding ortho intramolecular Hbond substituents is 1. The summed E-state index contributed by atoms with van der Waals surface area (Å²) in [6, 6.07) is 1.25. The number of ether oxygens (including phenoxy) is 2. The Balaban J connectivity index is 2.49.